The summed E-state index contributed by atoms with van der Waals surface area (Å²) in [6, 6.07) is 42.4. The summed E-state index contributed by atoms with van der Waals surface area (Å²) in [5, 5.41) is 2.41. The van der Waals surface area contributed by atoms with Crippen molar-refractivity contribution in [2.75, 3.05) is 0 Å². The molecule has 0 fully saturated rings. The molecule has 1 aliphatic heterocycles. The minimum absolute atomic E-state index is 0.199. The Balaban J connectivity index is 1.19. The van der Waals surface area contributed by atoms with Gasteiger partial charge in [0.15, 0.2) is 0 Å². The second-order valence-corrected chi connectivity index (χ2v) is 16.5. The van der Waals surface area contributed by atoms with Crippen LogP contribution in [0.2, 0.25) is 0 Å². The molecule has 246 valence electrons. The van der Waals surface area contributed by atoms with Crippen LogP contribution < -0.4 is 21.2 Å². The van der Waals surface area contributed by atoms with E-state index in [2.05, 4.69) is 98.5 Å². The van der Waals surface area contributed by atoms with Crippen molar-refractivity contribution in [2.24, 2.45) is 10.9 Å². The Morgan fingerprint density at radius 1 is 0.725 bits per heavy atom. The molecule has 0 spiro atoms. The van der Waals surface area contributed by atoms with E-state index in [1.165, 1.54) is 33.8 Å². The predicted octanol–water partition coefficient (Wildman–Crippen LogP) is 8.38. The number of benzene rings is 5. The first kappa shape index (κ1) is 31.7. The van der Waals surface area contributed by atoms with Gasteiger partial charge in [0, 0.05) is 0 Å². The maximum absolute atomic E-state index is 5.37. The van der Waals surface area contributed by atoms with Gasteiger partial charge in [-0.05, 0) is 0 Å². The van der Waals surface area contributed by atoms with Crippen LogP contribution in [0.25, 0.3) is 59.9 Å². The fraction of sp³-hybridized carbons (Fsp3) is 0.0667. The molecule has 7 aromatic rings. The van der Waals surface area contributed by atoms with E-state index >= 15 is 0 Å². The Morgan fingerprint density at radius 2 is 1.41 bits per heavy atom. The summed E-state index contributed by atoms with van der Waals surface area (Å²) in [7, 11) is 0. The van der Waals surface area contributed by atoms with Crippen LogP contribution in [0.1, 0.15) is 24.5 Å². The topological polar surface area (TPSA) is 51.0 Å². The monoisotopic (exact) mass is 787 g/mol. The predicted molar refractivity (Wildman–Crippen MR) is 209 cm³/mol. The molecule has 0 saturated heterocycles. The summed E-state index contributed by atoms with van der Waals surface area (Å²) < 4.78 is 5.20. The third kappa shape index (κ3) is 5.98. The Kier molecular flexibility index (Phi) is 8.34. The average Bonchev–Trinajstić information content (AvgIpc) is 3.74. The van der Waals surface area contributed by atoms with Gasteiger partial charge in [0.1, 0.15) is 0 Å². The van der Waals surface area contributed by atoms with Crippen LogP contribution in [-0.2, 0) is 0 Å². The number of hydrogen-bond acceptors (Lipinski definition) is 5. The average molecular weight is 788 g/mol. The van der Waals surface area contributed by atoms with Crippen LogP contribution in [-0.4, -0.2) is 20.7 Å². The van der Waals surface area contributed by atoms with Gasteiger partial charge in [0.2, 0.25) is 0 Å². The molecule has 51 heavy (non-hydrogen) atoms. The zero-order chi connectivity index (χ0) is 34.3. The molecule has 9 rings (SSSR count). The van der Waals surface area contributed by atoms with Gasteiger partial charge in [-0.1, -0.05) is 60.7 Å². The van der Waals surface area contributed by atoms with Crippen LogP contribution >= 0.6 is 11.3 Å². The molecular weight excluding hydrogens is 755 g/mol. The van der Waals surface area contributed by atoms with Gasteiger partial charge in [0.05, 0.1) is 0 Å². The van der Waals surface area contributed by atoms with Crippen LogP contribution in [0.5, 0.6) is 0 Å². The number of fused-ring (bicyclic) bond motifs is 4. The number of halogens is 1. The molecule has 5 aromatic carbocycles. The molecule has 2 aliphatic rings. The summed E-state index contributed by atoms with van der Waals surface area (Å²) in [5.41, 5.74) is 8.70. The number of thiophene rings is 1. The Morgan fingerprint density at radius 3 is 2.12 bits per heavy atom. The molecule has 4 nitrogen and oxygen atoms in total. The summed E-state index contributed by atoms with van der Waals surface area (Å²) in [5.74, 6) is 2.19. The third-order valence-electron chi connectivity index (χ3n) is 9.39. The van der Waals surface area contributed by atoms with Crippen molar-refractivity contribution in [1.82, 2.24) is 15.0 Å². The first-order chi connectivity index (χ1) is 25.1. The van der Waals surface area contributed by atoms with E-state index < -0.39 is 0 Å². The number of nitrogens with zero attached hydrogens (tertiary/aromatic N) is 4. The summed E-state index contributed by atoms with van der Waals surface area (Å²) in [6.45, 7) is 6.75. The molecule has 0 bridgehead atoms. The third-order valence-corrected chi connectivity index (χ3v) is 14.0. The quantitative estimate of drug-likeness (QED) is 0.121. The van der Waals surface area contributed by atoms with Crippen LogP contribution in [0.4, 0.5) is 0 Å². The van der Waals surface area contributed by atoms with Gasteiger partial charge in [0.25, 0.3) is 0 Å². The molecule has 0 amide bonds. The zero-order valence-corrected chi connectivity index (χ0v) is 30.9. The number of allylic oxidation sites excluding steroid dienone is 6. The zero-order valence-electron chi connectivity index (χ0n) is 27.9. The van der Waals surface area contributed by atoms with E-state index in [1.54, 1.807) is 11.3 Å². The number of hydrogen-bond donors (Lipinski definition) is 0. The van der Waals surface area contributed by atoms with Crippen LogP contribution in [0, 0.1) is 9.49 Å². The molecule has 0 N–H and O–H groups in total. The second kappa shape index (κ2) is 13.4. The molecule has 1 aliphatic carbocycles. The number of aliphatic imine (C=N–C) groups is 1. The Hall–Kier alpha value is -5.31. The summed E-state index contributed by atoms with van der Waals surface area (Å²) in [4.78, 5) is 20.4. The summed E-state index contributed by atoms with van der Waals surface area (Å²) >= 11 is 1.40. The van der Waals surface area contributed by atoms with E-state index in [9.17, 15) is 0 Å². The van der Waals surface area contributed by atoms with Crippen LogP contribution in [0.15, 0.2) is 166 Å². The fourth-order valence-corrected chi connectivity index (χ4v) is 11.2. The molecule has 0 radical (unpaired) electrons. The van der Waals surface area contributed by atoms with Crippen molar-refractivity contribution >= 4 is 42.8 Å². The second-order valence-electron chi connectivity index (χ2n) is 12.7. The van der Waals surface area contributed by atoms with E-state index in [0.717, 1.165) is 44.8 Å². The van der Waals surface area contributed by atoms with E-state index in [4.69, 9.17) is 19.9 Å². The Bertz CT molecular complexity index is 2560. The first-order valence-electron chi connectivity index (χ1n) is 17.0. The van der Waals surface area contributed by atoms with Crippen molar-refractivity contribution in [3.63, 3.8) is 0 Å². The van der Waals surface area contributed by atoms with Gasteiger partial charge >= 0.3 is 253 Å². The van der Waals surface area contributed by atoms with Crippen molar-refractivity contribution in [3.05, 3.63) is 176 Å². The van der Waals surface area contributed by atoms with Crippen molar-refractivity contribution in [1.29, 1.82) is 0 Å². The molecule has 1 atom stereocenters. The number of aromatic nitrogens is 3. The first-order valence-corrected chi connectivity index (χ1v) is 20.0. The SMILES string of the molecule is C=C(N=C(C1=C(C)c2ccccc2[I-]1)c1ccc2c(c1)sc1c(-c3nc(-c4ccccc4)nc(-c4ccccc4)n3)cccc12)C1C=CC=CC1. The van der Waals surface area contributed by atoms with Crippen molar-refractivity contribution < 1.29 is 21.2 Å². The standard InChI is InChI=1S/C45H32IN4S/c1-28-34-21-12-13-24-38(34)46-40(28)41(47-29(2)30-15-6-3-7-16-30)33-25-26-35-36-22-14-23-37(42(36)51-39(35)27-33)45-49-43(31-17-8-4-9-18-31)48-44(50-45)32-19-10-5-11-20-32/h3-15,17-27,30H,2,16H2,1H3/q-1. The minimum atomic E-state index is -0.390. The van der Waals surface area contributed by atoms with Gasteiger partial charge in [-0.3, -0.25) is 0 Å². The molecule has 6 heteroatoms. The van der Waals surface area contributed by atoms with E-state index in [0.29, 0.717) is 17.5 Å². The van der Waals surface area contributed by atoms with Gasteiger partial charge in [-0.15, -0.1) is 0 Å². The van der Waals surface area contributed by atoms with Gasteiger partial charge in [-0.25, -0.2) is 0 Å². The van der Waals surface area contributed by atoms with E-state index in [1.807, 2.05) is 60.7 Å². The maximum atomic E-state index is 5.37. The van der Waals surface area contributed by atoms with Crippen molar-refractivity contribution in [2.45, 2.75) is 13.3 Å². The van der Waals surface area contributed by atoms with Gasteiger partial charge < -0.3 is 0 Å². The molecule has 0 saturated carbocycles. The van der Waals surface area contributed by atoms with Gasteiger partial charge in [-0.2, -0.15) is 0 Å². The Labute approximate surface area is 311 Å². The fourth-order valence-electron chi connectivity index (χ4n) is 6.71. The molecule has 2 aromatic heterocycles. The van der Waals surface area contributed by atoms with Crippen LogP contribution in [0.3, 0.4) is 0 Å². The number of rotatable bonds is 7. The van der Waals surface area contributed by atoms with Crippen molar-refractivity contribution in [3.8, 4) is 34.2 Å². The molecule has 1 unspecified atom stereocenters. The summed E-state index contributed by atoms with van der Waals surface area (Å²) in [6.07, 6.45) is 9.55. The van der Waals surface area contributed by atoms with E-state index in [-0.39, 0.29) is 27.1 Å². The molecular formula is C45H32IN4S-. The molecule has 3 heterocycles. The normalized spacial score (nSPS) is 15.7.